The van der Waals surface area contributed by atoms with Crippen LogP contribution in [0.15, 0.2) is 61.1 Å². The molecule has 2 N–H and O–H groups in total. The summed E-state index contributed by atoms with van der Waals surface area (Å²) in [6, 6.07) is 13.6. The molecule has 2 aromatic heterocycles. The summed E-state index contributed by atoms with van der Waals surface area (Å²) in [7, 11) is 0. The zero-order valence-electron chi connectivity index (χ0n) is 15.0. The second-order valence-corrected chi connectivity index (χ2v) is 6.59. The van der Waals surface area contributed by atoms with Crippen molar-refractivity contribution in [1.29, 1.82) is 0 Å². The summed E-state index contributed by atoms with van der Waals surface area (Å²) in [6.07, 6.45) is 7.55. The number of benzene rings is 1. The smallest absolute Gasteiger partial charge is 0.323 e. The van der Waals surface area contributed by atoms with Crippen LogP contribution in [0.25, 0.3) is 0 Å². The Morgan fingerprint density at radius 3 is 2.48 bits per heavy atom. The summed E-state index contributed by atoms with van der Waals surface area (Å²) in [5.41, 5.74) is 2.46. The van der Waals surface area contributed by atoms with Gasteiger partial charge in [0.15, 0.2) is 0 Å². The van der Waals surface area contributed by atoms with Gasteiger partial charge < -0.3 is 15.5 Å². The van der Waals surface area contributed by atoms with E-state index in [0.29, 0.717) is 17.9 Å². The van der Waals surface area contributed by atoms with Crippen molar-refractivity contribution >= 4 is 23.2 Å². The molecule has 1 saturated heterocycles. The zero-order valence-corrected chi connectivity index (χ0v) is 15.0. The fourth-order valence-corrected chi connectivity index (χ4v) is 3.17. The van der Waals surface area contributed by atoms with E-state index >= 15 is 0 Å². The molecule has 0 spiro atoms. The van der Waals surface area contributed by atoms with Crippen LogP contribution in [-0.4, -0.2) is 33.9 Å². The molecular weight excluding hydrogens is 340 g/mol. The van der Waals surface area contributed by atoms with Crippen molar-refractivity contribution in [2.45, 2.75) is 19.4 Å². The number of pyridine rings is 1. The van der Waals surface area contributed by atoms with Gasteiger partial charge in [0.1, 0.15) is 5.82 Å². The van der Waals surface area contributed by atoms with E-state index in [2.05, 4.69) is 25.6 Å². The third-order valence-corrected chi connectivity index (χ3v) is 4.51. The maximum Gasteiger partial charge on any atom is 0.323 e. The van der Waals surface area contributed by atoms with Gasteiger partial charge in [0.2, 0.25) is 0 Å². The van der Waals surface area contributed by atoms with Crippen molar-refractivity contribution in [2.75, 3.05) is 28.6 Å². The molecule has 7 heteroatoms. The van der Waals surface area contributed by atoms with E-state index in [0.717, 1.165) is 24.5 Å². The molecule has 0 bridgehead atoms. The van der Waals surface area contributed by atoms with Crippen molar-refractivity contribution in [3.8, 4) is 0 Å². The first kappa shape index (κ1) is 17.1. The standard InChI is InChI=1S/C20H22N6O/c27-20(23-17-8-9-19(21-12-17)25-10-4-5-11-25)24-18-13-22-26(15-18)14-16-6-2-1-3-7-16/h1-3,6-9,12-13,15H,4-5,10-11,14H2,(H2,23,24,27). The number of anilines is 3. The lowest BCUT2D eigenvalue weighted by Gasteiger charge is -2.16. The molecule has 0 aliphatic carbocycles. The molecule has 4 rings (SSSR count). The third kappa shape index (κ3) is 4.44. The van der Waals surface area contributed by atoms with E-state index in [1.165, 1.54) is 12.8 Å². The zero-order chi connectivity index (χ0) is 18.5. The lowest BCUT2D eigenvalue weighted by atomic mass is 10.2. The summed E-state index contributed by atoms with van der Waals surface area (Å²) in [4.78, 5) is 18.9. The fourth-order valence-electron chi connectivity index (χ4n) is 3.17. The minimum absolute atomic E-state index is 0.315. The summed E-state index contributed by atoms with van der Waals surface area (Å²) in [5, 5.41) is 9.88. The Bertz CT molecular complexity index is 884. The van der Waals surface area contributed by atoms with Crippen LogP contribution < -0.4 is 15.5 Å². The van der Waals surface area contributed by atoms with Gasteiger partial charge in [-0.3, -0.25) is 4.68 Å². The van der Waals surface area contributed by atoms with Crippen LogP contribution in [0.5, 0.6) is 0 Å². The van der Waals surface area contributed by atoms with Crippen molar-refractivity contribution in [1.82, 2.24) is 14.8 Å². The number of hydrogen-bond donors (Lipinski definition) is 2. The lowest BCUT2D eigenvalue weighted by molar-refractivity contribution is 0.262. The highest BCUT2D eigenvalue weighted by atomic mass is 16.2. The third-order valence-electron chi connectivity index (χ3n) is 4.51. The Morgan fingerprint density at radius 1 is 0.963 bits per heavy atom. The Hall–Kier alpha value is -3.35. The maximum absolute atomic E-state index is 12.2. The molecule has 3 aromatic rings. The number of carbonyl (C=O) groups excluding carboxylic acids is 1. The second-order valence-electron chi connectivity index (χ2n) is 6.59. The summed E-state index contributed by atoms with van der Waals surface area (Å²) in [6.45, 7) is 2.76. The number of carbonyl (C=O) groups is 1. The molecule has 2 amide bonds. The number of urea groups is 1. The van der Waals surface area contributed by atoms with Gasteiger partial charge in [-0.05, 0) is 30.5 Å². The molecular formula is C20H22N6O. The normalized spacial score (nSPS) is 13.6. The quantitative estimate of drug-likeness (QED) is 0.728. The molecule has 0 unspecified atom stereocenters. The van der Waals surface area contributed by atoms with Gasteiger partial charge in [-0.25, -0.2) is 9.78 Å². The van der Waals surface area contributed by atoms with Crippen molar-refractivity contribution in [2.24, 2.45) is 0 Å². The monoisotopic (exact) mass is 362 g/mol. The van der Waals surface area contributed by atoms with Gasteiger partial charge in [-0.2, -0.15) is 5.10 Å². The van der Waals surface area contributed by atoms with Gasteiger partial charge in [-0.15, -0.1) is 0 Å². The number of amides is 2. The predicted molar refractivity (Wildman–Crippen MR) is 106 cm³/mol. The number of nitrogens with zero attached hydrogens (tertiary/aromatic N) is 4. The van der Waals surface area contributed by atoms with Crippen molar-refractivity contribution in [3.63, 3.8) is 0 Å². The molecule has 27 heavy (non-hydrogen) atoms. The van der Waals surface area contributed by atoms with E-state index < -0.39 is 0 Å². The van der Waals surface area contributed by atoms with Gasteiger partial charge in [0.05, 0.1) is 30.3 Å². The van der Waals surface area contributed by atoms with Gasteiger partial charge in [-0.1, -0.05) is 30.3 Å². The minimum atomic E-state index is -0.315. The van der Waals surface area contributed by atoms with E-state index in [9.17, 15) is 4.79 Å². The summed E-state index contributed by atoms with van der Waals surface area (Å²) >= 11 is 0. The number of nitrogens with one attached hydrogen (secondary N) is 2. The highest BCUT2D eigenvalue weighted by Gasteiger charge is 2.13. The molecule has 1 fully saturated rings. The fraction of sp³-hybridized carbons (Fsp3) is 0.250. The highest BCUT2D eigenvalue weighted by molar-refractivity contribution is 5.99. The number of aromatic nitrogens is 3. The van der Waals surface area contributed by atoms with Gasteiger partial charge in [0, 0.05) is 19.3 Å². The summed E-state index contributed by atoms with van der Waals surface area (Å²) in [5.74, 6) is 0.959. The molecule has 1 aliphatic rings. The molecule has 3 heterocycles. The molecule has 0 atom stereocenters. The second kappa shape index (κ2) is 7.90. The molecule has 0 radical (unpaired) electrons. The number of hydrogen-bond acceptors (Lipinski definition) is 4. The molecule has 138 valence electrons. The van der Waals surface area contributed by atoms with Crippen LogP contribution >= 0.6 is 0 Å². The van der Waals surface area contributed by atoms with E-state index in [1.807, 2.05) is 42.5 Å². The van der Waals surface area contributed by atoms with Crippen molar-refractivity contribution in [3.05, 3.63) is 66.6 Å². The van der Waals surface area contributed by atoms with Crippen LogP contribution in [0.1, 0.15) is 18.4 Å². The van der Waals surface area contributed by atoms with Crippen LogP contribution in [0.4, 0.5) is 22.0 Å². The average Bonchev–Trinajstić information content (AvgIpc) is 3.36. The van der Waals surface area contributed by atoms with Crippen LogP contribution in [-0.2, 0) is 6.54 Å². The van der Waals surface area contributed by atoms with E-state index in [4.69, 9.17) is 0 Å². The Balaban J connectivity index is 1.31. The largest absolute Gasteiger partial charge is 0.357 e. The first-order valence-corrected chi connectivity index (χ1v) is 9.12. The van der Waals surface area contributed by atoms with Crippen LogP contribution in [0.3, 0.4) is 0 Å². The summed E-state index contributed by atoms with van der Waals surface area (Å²) < 4.78 is 1.79. The first-order valence-electron chi connectivity index (χ1n) is 9.12. The highest BCUT2D eigenvalue weighted by Crippen LogP contribution is 2.19. The van der Waals surface area contributed by atoms with Crippen molar-refractivity contribution < 1.29 is 4.79 Å². The van der Waals surface area contributed by atoms with Crippen LogP contribution in [0.2, 0.25) is 0 Å². The van der Waals surface area contributed by atoms with Gasteiger partial charge >= 0.3 is 6.03 Å². The number of rotatable bonds is 5. The topological polar surface area (TPSA) is 75.1 Å². The Labute approximate surface area is 158 Å². The maximum atomic E-state index is 12.2. The minimum Gasteiger partial charge on any atom is -0.357 e. The predicted octanol–water partition coefficient (Wildman–Crippen LogP) is 3.57. The molecule has 1 aromatic carbocycles. The molecule has 0 saturated carbocycles. The van der Waals surface area contributed by atoms with Gasteiger partial charge in [0.25, 0.3) is 0 Å². The molecule has 1 aliphatic heterocycles. The lowest BCUT2D eigenvalue weighted by Crippen LogP contribution is -2.20. The Morgan fingerprint density at radius 2 is 1.74 bits per heavy atom. The SMILES string of the molecule is O=C(Nc1ccc(N2CCCC2)nc1)Nc1cnn(Cc2ccccc2)c1. The van der Waals surface area contributed by atoms with Crippen LogP contribution in [0, 0.1) is 0 Å². The Kier molecular flexibility index (Phi) is 5.00. The average molecular weight is 362 g/mol. The first-order chi connectivity index (χ1) is 13.3. The van der Waals surface area contributed by atoms with E-state index in [-0.39, 0.29) is 6.03 Å². The van der Waals surface area contributed by atoms with E-state index in [1.54, 1.807) is 23.3 Å². The molecule has 7 nitrogen and oxygen atoms in total.